The van der Waals surface area contributed by atoms with Gasteiger partial charge in [-0.15, -0.1) is 0 Å². The van der Waals surface area contributed by atoms with Crippen molar-refractivity contribution in [3.05, 3.63) is 46.3 Å². The predicted octanol–water partition coefficient (Wildman–Crippen LogP) is 1.31. The molecule has 0 spiro atoms. The van der Waals surface area contributed by atoms with Crippen molar-refractivity contribution >= 4 is 22.8 Å². The molecule has 3 aromatic heterocycles. The van der Waals surface area contributed by atoms with Gasteiger partial charge < -0.3 is 9.80 Å². The number of anilines is 2. The first-order valence-electron chi connectivity index (χ1n) is 9.62. The third kappa shape index (κ3) is 2.55. The normalized spacial score (nSPS) is 21.5. The standard InChI is InChI=1S/C20H23N7O/c1-12-13(2)22-11-23-18(12)26-7-14-9-27(10-15(14)8-26)20-24-17-16(5-4-6-21-17)19(28)25(20)3/h4-6,11,14-15H,7-10H2,1-3H3. The molecule has 28 heavy (non-hydrogen) atoms. The molecule has 5 heterocycles. The maximum Gasteiger partial charge on any atom is 0.264 e. The third-order valence-electron chi connectivity index (χ3n) is 6.21. The molecule has 0 aromatic carbocycles. The van der Waals surface area contributed by atoms with Crippen LogP contribution in [0.2, 0.25) is 0 Å². The van der Waals surface area contributed by atoms with Gasteiger partial charge in [0, 0.05) is 62.5 Å². The molecule has 8 heteroatoms. The number of fused-ring (bicyclic) bond motifs is 2. The Morgan fingerprint density at radius 2 is 1.71 bits per heavy atom. The molecule has 2 saturated heterocycles. The Bertz CT molecular complexity index is 1110. The average molecular weight is 377 g/mol. The minimum atomic E-state index is -0.0427. The highest BCUT2D eigenvalue weighted by molar-refractivity contribution is 5.74. The summed E-state index contributed by atoms with van der Waals surface area (Å²) in [4.78, 5) is 35.1. The van der Waals surface area contributed by atoms with E-state index in [0.717, 1.165) is 43.3 Å². The van der Waals surface area contributed by atoms with E-state index in [-0.39, 0.29) is 5.56 Å². The molecule has 3 aromatic rings. The van der Waals surface area contributed by atoms with Crippen LogP contribution < -0.4 is 15.4 Å². The quantitative estimate of drug-likeness (QED) is 0.666. The molecule has 0 aliphatic carbocycles. The van der Waals surface area contributed by atoms with Crippen LogP contribution in [0.5, 0.6) is 0 Å². The van der Waals surface area contributed by atoms with E-state index in [1.807, 2.05) is 6.92 Å². The first-order valence-corrected chi connectivity index (χ1v) is 9.62. The summed E-state index contributed by atoms with van der Waals surface area (Å²) in [7, 11) is 1.80. The molecule has 8 nitrogen and oxygen atoms in total. The Kier molecular flexibility index (Phi) is 3.82. The number of aromatic nitrogens is 5. The fourth-order valence-corrected chi connectivity index (χ4v) is 4.55. The first-order chi connectivity index (χ1) is 13.5. The van der Waals surface area contributed by atoms with Crippen LogP contribution in [0.4, 0.5) is 11.8 Å². The Hall–Kier alpha value is -3.03. The lowest BCUT2D eigenvalue weighted by Crippen LogP contribution is -2.34. The summed E-state index contributed by atoms with van der Waals surface area (Å²) in [6, 6.07) is 3.56. The summed E-state index contributed by atoms with van der Waals surface area (Å²) < 4.78 is 1.65. The van der Waals surface area contributed by atoms with Crippen molar-refractivity contribution in [1.29, 1.82) is 0 Å². The lowest BCUT2D eigenvalue weighted by molar-refractivity contribution is 0.533. The van der Waals surface area contributed by atoms with Crippen LogP contribution in [0.3, 0.4) is 0 Å². The van der Waals surface area contributed by atoms with E-state index in [1.165, 1.54) is 0 Å². The predicted molar refractivity (Wildman–Crippen MR) is 108 cm³/mol. The second-order valence-corrected chi connectivity index (χ2v) is 7.89. The van der Waals surface area contributed by atoms with Gasteiger partial charge >= 0.3 is 0 Å². The largest absolute Gasteiger partial charge is 0.356 e. The van der Waals surface area contributed by atoms with Gasteiger partial charge in [0.2, 0.25) is 5.95 Å². The summed E-state index contributed by atoms with van der Waals surface area (Å²) in [6.45, 7) is 7.84. The zero-order valence-corrected chi connectivity index (χ0v) is 16.3. The molecule has 2 atom stereocenters. The van der Waals surface area contributed by atoms with Crippen LogP contribution in [-0.4, -0.2) is 50.7 Å². The molecular formula is C20H23N7O. The van der Waals surface area contributed by atoms with Crippen molar-refractivity contribution in [3.63, 3.8) is 0 Å². The Morgan fingerprint density at radius 3 is 2.46 bits per heavy atom. The van der Waals surface area contributed by atoms with E-state index in [2.05, 4.69) is 31.7 Å². The highest BCUT2D eigenvalue weighted by Gasteiger charge is 2.42. The smallest absolute Gasteiger partial charge is 0.264 e. The summed E-state index contributed by atoms with van der Waals surface area (Å²) in [5.74, 6) is 2.83. The molecule has 2 aliphatic rings. The van der Waals surface area contributed by atoms with Crippen molar-refractivity contribution in [2.75, 3.05) is 36.0 Å². The van der Waals surface area contributed by atoms with Gasteiger partial charge in [0.05, 0.1) is 5.39 Å². The molecule has 0 saturated carbocycles. The lowest BCUT2D eigenvalue weighted by atomic mass is 10.0. The van der Waals surface area contributed by atoms with Crippen molar-refractivity contribution in [2.24, 2.45) is 18.9 Å². The van der Waals surface area contributed by atoms with Crippen molar-refractivity contribution < 1.29 is 0 Å². The third-order valence-corrected chi connectivity index (χ3v) is 6.21. The highest BCUT2D eigenvalue weighted by atomic mass is 16.1. The Morgan fingerprint density at radius 1 is 1.00 bits per heavy atom. The SMILES string of the molecule is Cc1ncnc(N2CC3CN(c4nc5ncccc5c(=O)n4C)CC3C2)c1C. The Labute approximate surface area is 162 Å². The fourth-order valence-electron chi connectivity index (χ4n) is 4.55. The van der Waals surface area contributed by atoms with E-state index in [1.54, 1.807) is 36.3 Å². The van der Waals surface area contributed by atoms with Crippen molar-refractivity contribution in [3.8, 4) is 0 Å². The van der Waals surface area contributed by atoms with Crippen molar-refractivity contribution in [1.82, 2.24) is 24.5 Å². The molecule has 2 unspecified atom stereocenters. The van der Waals surface area contributed by atoms with E-state index in [9.17, 15) is 4.79 Å². The van der Waals surface area contributed by atoms with Gasteiger partial charge in [-0.3, -0.25) is 9.36 Å². The van der Waals surface area contributed by atoms with Crippen LogP contribution in [0.15, 0.2) is 29.5 Å². The fraction of sp³-hybridized carbons (Fsp3) is 0.450. The zero-order valence-electron chi connectivity index (χ0n) is 16.3. The second kappa shape index (κ2) is 6.25. The number of rotatable bonds is 2. The average Bonchev–Trinajstić information content (AvgIpc) is 3.26. The number of hydrogen-bond acceptors (Lipinski definition) is 7. The lowest BCUT2D eigenvalue weighted by Gasteiger charge is -2.25. The zero-order chi connectivity index (χ0) is 19.4. The van der Waals surface area contributed by atoms with Crippen LogP contribution >= 0.6 is 0 Å². The molecule has 0 bridgehead atoms. The van der Waals surface area contributed by atoms with E-state index in [4.69, 9.17) is 4.98 Å². The minimum absolute atomic E-state index is 0.0427. The first kappa shape index (κ1) is 17.1. The molecule has 5 rings (SSSR count). The van der Waals surface area contributed by atoms with Crippen LogP contribution in [-0.2, 0) is 7.05 Å². The van der Waals surface area contributed by atoms with E-state index < -0.39 is 0 Å². The molecule has 2 fully saturated rings. The summed E-state index contributed by atoms with van der Waals surface area (Å²) >= 11 is 0. The van der Waals surface area contributed by atoms with Gasteiger partial charge in [-0.2, -0.15) is 4.98 Å². The summed E-state index contributed by atoms with van der Waals surface area (Å²) in [5.41, 5.74) is 2.67. The maximum atomic E-state index is 12.7. The van der Waals surface area contributed by atoms with Gasteiger partial charge in [0.15, 0.2) is 5.65 Å². The molecule has 0 amide bonds. The molecule has 2 aliphatic heterocycles. The minimum Gasteiger partial charge on any atom is -0.356 e. The van der Waals surface area contributed by atoms with E-state index >= 15 is 0 Å². The monoisotopic (exact) mass is 377 g/mol. The van der Waals surface area contributed by atoms with E-state index in [0.29, 0.717) is 28.8 Å². The van der Waals surface area contributed by atoms with Gasteiger partial charge in [-0.25, -0.2) is 15.0 Å². The number of pyridine rings is 1. The molecular weight excluding hydrogens is 354 g/mol. The topological polar surface area (TPSA) is 80.0 Å². The van der Waals surface area contributed by atoms with Gasteiger partial charge in [-0.05, 0) is 26.0 Å². The van der Waals surface area contributed by atoms with Crippen LogP contribution in [0, 0.1) is 25.7 Å². The van der Waals surface area contributed by atoms with Crippen LogP contribution in [0.25, 0.3) is 11.0 Å². The molecule has 0 N–H and O–H groups in total. The second-order valence-electron chi connectivity index (χ2n) is 7.89. The van der Waals surface area contributed by atoms with Crippen molar-refractivity contribution in [2.45, 2.75) is 13.8 Å². The van der Waals surface area contributed by atoms with Gasteiger partial charge in [0.1, 0.15) is 12.1 Å². The molecule has 0 radical (unpaired) electrons. The maximum absolute atomic E-state index is 12.7. The number of nitrogens with zero attached hydrogens (tertiary/aromatic N) is 7. The Balaban J connectivity index is 1.40. The van der Waals surface area contributed by atoms with Gasteiger partial charge in [0.25, 0.3) is 5.56 Å². The van der Waals surface area contributed by atoms with Gasteiger partial charge in [-0.1, -0.05) is 0 Å². The summed E-state index contributed by atoms with van der Waals surface area (Å²) in [6.07, 6.45) is 3.33. The molecule has 144 valence electrons. The van der Waals surface area contributed by atoms with Crippen LogP contribution in [0.1, 0.15) is 11.3 Å². The highest BCUT2D eigenvalue weighted by Crippen LogP contribution is 2.36. The number of hydrogen-bond donors (Lipinski definition) is 0. The number of aryl methyl sites for hydroxylation is 1. The summed E-state index contributed by atoms with van der Waals surface area (Å²) in [5, 5.41) is 0.564.